The van der Waals surface area contributed by atoms with Crippen molar-refractivity contribution in [3.63, 3.8) is 0 Å². The number of aliphatic hydroxyl groups excluding tert-OH is 1. The Hall–Kier alpha value is -0.610. The second-order valence-electron chi connectivity index (χ2n) is 5.14. The summed E-state index contributed by atoms with van der Waals surface area (Å²) in [6.07, 6.45) is 3.08. The Balaban J connectivity index is 2.34. The van der Waals surface area contributed by atoms with Crippen LogP contribution in [-0.2, 0) is 9.53 Å². The van der Waals surface area contributed by atoms with Gasteiger partial charge in [0, 0.05) is 6.61 Å². The van der Waals surface area contributed by atoms with Gasteiger partial charge in [-0.3, -0.25) is 4.79 Å². The molecule has 4 nitrogen and oxygen atoms in total. The van der Waals surface area contributed by atoms with Gasteiger partial charge in [0.25, 0.3) is 0 Å². The van der Waals surface area contributed by atoms with Crippen molar-refractivity contribution in [2.24, 2.45) is 0 Å². The average molecular weight is 229 g/mol. The number of amides is 1. The number of hydrogen-bond donors (Lipinski definition) is 2. The highest BCUT2D eigenvalue weighted by Gasteiger charge is 2.27. The predicted molar refractivity (Wildman–Crippen MR) is 62.1 cm³/mol. The highest BCUT2D eigenvalue weighted by Crippen LogP contribution is 2.16. The van der Waals surface area contributed by atoms with Crippen LogP contribution < -0.4 is 5.32 Å². The van der Waals surface area contributed by atoms with E-state index in [0.717, 1.165) is 25.9 Å². The Morgan fingerprint density at radius 1 is 1.56 bits per heavy atom. The van der Waals surface area contributed by atoms with Crippen molar-refractivity contribution in [2.45, 2.75) is 64.2 Å². The molecule has 4 heteroatoms. The van der Waals surface area contributed by atoms with Crippen molar-refractivity contribution >= 4 is 5.91 Å². The van der Waals surface area contributed by atoms with Crippen LogP contribution in [0.3, 0.4) is 0 Å². The van der Waals surface area contributed by atoms with Crippen molar-refractivity contribution in [3.05, 3.63) is 0 Å². The fraction of sp³-hybridized carbons (Fsp3) is 0.917. The van der Waals surface area contributed by atoms with Gasteiger partial charge in [0.05, 0.1) is 24.2 Å². The summed E-state index contributed by atoms with van der Waals surface area (Å²) in [5.41, 5.74) is -0.578. The summed E-state index contributed by atoms with van der Waals surface area (Å²) in [5.74, 6) is -0.0437. The van der Waals surface area contributed by atoms with Gasteiger partial charge >= 0.3 is 0 Å². The van der Waals surface area contributed by atoms with Crippen molar-refractivity contribution in [2.75, 3.05) is 6.61 Å². The minimum Gasteiger partial charge on any atom is -0.391 e. The molecule has 0 saturated carbocycles. The largest absolute Gasteiger partial charge is 0.391 e. The molecule has 0 aliphatic carbocycles. The molecular formula is C12H23NO3. The fourth-order valence-electron chi connectivity index (χ4n) is 1.69. The predicted octanol–water partition coefficient (Wildman–Crippen LogP) is 1.22. The van der Waals surface area contributed by atoms with Gasteiger partial charge in [0.1, 0.15) is 0 Å². The third-order valence-electron chi connectivity index (χ3n) is 3.19. The van der Waals surface area contributed by atoms with Gasteiger partial charge in [-0.15, -0.1) is 0 Å². The minimum atomic E-state index is -0.578. The summed E-state index contributed by atoms with van der Waals surface area (Å²) < 4.78 is 5.50. The molecule has 1 saturated heterocycles. The highest BCUT2D eigenvalue weighted by molar-refractivity contribution is 5.77. The Bertz CT molecular complexity index is 232. The molecule has 2 atom stereocenters. The van der Waals surface area contributed by atoms with E-state index in [4.69, 9.17) is 4.74 Å². The number of carbonyl (C=O) groups excluding carboxylic acids is 1. The molecule has 1 rings (SSSR count). The average Bonchev–Trinajstić information content (AvgIpc) is 2.17. The van der Waals surface area contributed by atoms with Crippen molar-refractivity contribution in [3.8, 4) is 0 Å². The summed E-state index contributed by atoms with van der Waals surface area (Å²) in [4.78, 5) is 11.7. The maximum Gasteiger partial charge on any atom is 0.223 e. The molecule has 0 bridgehead atoms. The topological polar surface area (TPSA) is 58.6 Å². The third kappa shape index (κ3) is 4.10. The molecule has 94 valence electrons. The lowest BCUT2D eigenvalue weighted by Gasteiger charge is -2.30. The lowest BCUT2D eigenvalue weighted by Crippen LogP contribution is -2.51. The highest BCUT2D eigenvalue weighted by atomic mass is 16.5. The molecule has 1 heterocycles. The number of nitrogens with one attached hydrogen (secondary N) is 1. The lowest BCUT2D eigenvalue weighted by atomic mass is 9.98. The van der Waals surface area contributed by atoms with E-state index in [1.165, 1.54) is 0 Å². The van der Waals surface area contributed by atoms with E-state index in [1.807, 2.05) is 13.8 Å². The van der Waals surface area contributed by atoms with Crippen LogP contribution in [0.4, 0.5) is 0 Å². The summed E-state index contributed by atoms with van der Waals surface area (Å²) in [5, 5.41) is 12.3. The van der Waals surface area contributed by atoms with Crippen LogP contribution in [0.25, 0.3) is 0 Å². The Labute approximate surface area is 97.4 Å². The normalized spacial score (nSPS) is 23.9. The van der Waals surface area contributed by atoms with Crippen LogP contribution >= 0.6 is 0 Å². The van der Waals surface area contributed by atoms with Gasteiger partial charge in [-0.2, -0.15) is 0 Å². The van der Waals surface area contributed by atoms with Gasteiger partial charge in [0.15, 0.2) is 0 Å². The van der Waals surface area contributed by atoms with E-state index in [9.17, 15) is 9.90 Å². The maximum absolute atomic E-state index is 11.7. The summed E-state index contributed by atoms with van der Waals surface area (Å²) in [7, 11) is 0. The molecule has 1 amide bonds. The van der Waals surface area contributed by atoms with Crippen LogP contribution in [0.5, 0.6) is 0 Å². The standard InChI is InChI=1S/C12H23NO3/c1-9(14)12(2,3)13-11(15)8-10-6-4-5-7-16-10/h9-10,14H,4-8H2,1-3H3,(H,13,15). The number of carbonyl (C=O) groups is 1. The van der Waals surface area contributed by atoms with Gasteiger partial charge in [-0.05, 0) is 40.0 Å². The second kappa shape index (κ2) is 5.64. The number of rotatable bonds is 4. The van der Waals surface area contributed by atoms with Crippen LogP contribution in [0.1, 0.15) is 46.5 Å². The zero-order valence-electron chi connectivity index (χ0n) is 10.5. The Morgan fingerprint density at radius 2 is 2.25 bits per heavy atom. The van der Waals surface area contributed by atoms with E-state index in [1.54, 1.807) is 6.92 Å². The van der Waals surface area contributed by atoms with Gasteiger partial charge in [-0.25, -0.2) is 0 Å². The van der Waals surface area contributed by atoms with Crippen LogP contribution in [0, 0.1) is 0 Å². The van der Waals surface area contributed by atoms with Crippen molar-refractivity contribution < 1.29 is 14.6 Å². The summed E-state index contributed by atoms with van der Waals surface area (Å²) in [6, 6.07) is 0. The second-order valence-corrected chi connectivity index (χ2v) is 5.14. The molecule has 2 N–H and O–H groups in total. The number of ether oxygens (including phenoxy) is 1. The van der Waals surface area contributed by atoms with Crippen LogP contribution in [0.15, 0.2) is 0 Å². The molecule has 1 aliphatic heterocycles. The van der Waals surface area contributed by atoms with Gasteiger partial charge in [-0.1, -0.05) is 0 Å². The first-order valence-corrected chi connectivity index (χ1v) is 6.02. The first-order valence-electron chi connectivity index (χ1n) is 6.02. The maximum atomic E-state index is 11.7. The molecule has 0 aromatic heterocycles. The van der Waals surface area contributed by atoms with Crippen molar-refractivity contribution in [1.82, 2.24) is 5.32 Å². The smallest absolute Gasteiger partial charge is 0.223 e. The third-order valence-corrected chi connectivity index (χ3v) is 3.19. The molecule has 0 radical (unpaired) electrons. The molecule has 0 spiro atoms. The fourth-order valence-corrected chi connectivity index (χ4v) is 1.69. The molecule has 1 fully saturated rings. The molecule has 16 heavy (non-hydrogen) atoms. The van der Waals surface area contributed by atoms with Gasteiger partial charge in [0.2, 0.25) is 5.91 Å². The van der Waals surface area contributed by atoms with E-state index >= 15 is 0 Å². The Kier molecular flexibility index (Phi) is 4.74. The monoisotopic (exact) mass is 229 g/mol. The molecule has 0 aromatic carbocycles. The first-order chi connectivity index (χ1) is 7.42. The first kappa shape index (κ1) is 13.5. The van der Waals surface area contributed by atoms with E-state index in [0.29, 0.717) is 6.42 Å². The number of hydrogen-bond acceptors (Lipinski definition) is 3. The van der Waals surface area contributed by atoms with Crippen LogP contribution in [0.2, 0.25) is 0 Å². The SMILES string of the molecule is CC(O)C(C)(C)NC(=O)CC1CCCCO1. The lowest BCUT2D eigenvalue weighted by molar-refractivity contribution is -0.127. The summed E-state index contributed by atoms with van der Waals surface area (Å²) in [6.45, 7) is 6.07. The van der Waals surface area contributed by atoms with Crippen molar-refractivity contribution in [1.29, 1.82) is 0 Å². The quantitative estimate of drug-likeness (QED) is 0.762. The Morgan fingerprint density at radius 3 is 2.75 bits per heavy atom. The molecule has 1 aliphatic rings. The molecular weight excluding hydrogens is 206 g/mol. The minimum absolute atomic E-state index is 0.0437. The number of aliphatic hydroxyl groups is 1. The molecule has 2 unspecified atom stereocenters. The van der Waals surface area contributed by atoms with E-state index < -0.39 is 11.6 Å². The molecule has 0 aromatic rings. The van der Waals surface area contributed by atoms with Gasteiger partial charge < -0.3 is 15.2 Å². The van der Waals surface area contributed by atoms with Crippen LogP contribution in [-0.4, -0.2) is 35.4 Å². The zero-order valence-corrected chi connectivity index (χ0v) is 10.5. The van der Waals surface area contributed by atoms with E-state index in [2.05, 4.69) is 5.32 Å². The van der Waals surface area contributed by atoms with E-state index in [-0.39, 0.29) is 12.0 Å². The summed E-state index contributed by atoms with van der Waals surface area (Å²) >= 11 is 0. The zero-order chi connectivity index (χ0) is 12.2.